The van der Waals surface area contributed by atoms with E-state index in [1.165, 1.54) is 14.2 Å². The van der Waals surface area contributed by atoms with Gasteiger partial charge in [0.15, 0.2) is 5.78 Å². The van der Waals surface area contributed by atoms with E-state index >= 15 is 0 Å². The summed E-state index contributed by atoms with van der Waals surface area (Å²) in [6.07, 6.45) is 6.08. The van der Waals surface area contributed by atoms with Crippen LogP contribution < -0.4 is 37.9 Å². The van der Waals surface area contributed by atoms with Crippen molar-refractivity contribution in [3.05, 3.63) is 231 Å². The van der Waals surface area contributed by atoms with Gasteiger partial charge in [0.05, 0.1) is 63.3 Å². The van der Waals surface area contributed by atoms with E-state index in [4.69, 9.17) is 59.0 Å². The Morgan fingerprint density at radius 2 is 0.868 bits per heavy atom. The largest absolute Gasteiger partial charge is 0.493 e. The van der Waals surface area contributed by atoms with Gasteiger partial charge in [0.25, 0.3) is 0 Å². The highest BCUT2D eigenvalue weighted by Gasteiger charge is 2.22. The maximum atomic E-state index is 12.6. The molecule has 0 aliphatic heterocycles. The van der Waals surface area contributed by atoms with Crippen molar-refractivity contribution in [1.29, 1.82) is 0 Å². The second kappa shape index (κ2) is 35.8. The van der Waals surface area contributed by atoms with Crippen LogP contribution in [0.2, 0.25) is 0 Å². The summed E-state index contributed by atoms with van der Waals surface area (Å²) in [4.78, 5) is 41.7. The number of para-hydroxylation sites is 2. The van der Waals surface area contributed by atoms with Crippen molar-refractivity contribution in [1.82, 2.24) is 4.98 Å². The second-order valence-corrected chi connectivity index (χ2v) is 21.8. The number of alkyl halides is 1. The van der Waals surface area contributed by atoms with Gasteiger partial charge in [-0.15, -0.1) is 22.9 Å². The van der Waals surface area contributed by atoms with Crippen molar-refractivity contribution in [3.8, 4) is 68.8 Å². The third-order valence-electron chi connectivity index (χ3n) is 14.5. The quantitative estimate of drug-likeness (QED) is 0.0166. The van der Waals surface area contributed by atoms with Crippen molar-refractivity contribution in [2.45, 2.75) is 92.3 Å². The van der Waals surface area contributed by atoms with Gasteiger partial charge in [-0.25, -0.2) is 14.6 Å². The van der Waals surface area contributed by atoms with E-state index in [1.54, 1.807) is 53.8 Å². The number of carbonyl (C=O) groups excluding carboxylic acids is 3. The third-order valence-corrected chi connectivity index (χ3v) is 15.3. The average molecular weight is 1270 g/mol. The number of rotatable bonds is 33. The molecular formula is C75H78ClNO13S. The average Bonchev–Trinajstić information content (AvgIpc) is 3.68. The van der Waals surface area contributed by atoms with E-state index < -0.39 is 11.9 Å². The number of benzene rings is 8. The minimum Gasteiger partial charge on any atom is -0.493 e. The fraction of sp³-hybridized carbons (Fsp3) is 0.280. The Kier molecular flexibility index (Phi) is 26.6. The smallest absolute Gasteiger partial charge is 0.341 e. The van der Waals surface area contributed by atoms with Crippen LogP contribution in [-0.4, -0.2) is 69.2 Å². The monoisotopic (exact) mass is 1270 g/mol. The fourth-order valence-corrected chi connectivity index (χ4v) is 10.6. The number of ether oxygens (including phenoxy) is 10. The zero-order chi connectivity index (χ0) is 64.2. The summed E-state index contributed by atoms with van der Waals surface area (Å²) in [7, 11) is 2.71. The molecule has 91 heavy (non-hydrogen) atoms. The van der Waals surface area contributed by atoms with Gasteiger partial charge in [0, 0.05) is 47.0 Å². The third kappa shape index (κ3) is 19.1. The molecule has 0 atom stereocenters. The Labute approximate surface area is 542 Å². The van der Waals surface area contributed by atoms with Crippen LogP contribution in [0.25, 0.3) is 11.3 Å². The van der Waals surface area contributed by atoms with Gasteiger partial charge in [-0.05, 0) is 109 Å². The van der Waals surface area contributed by atoms with Crippen LogP contribution in [0.15, 0.2) is 181 Å². The number of hydrogen-bond acceptors (Lipinski definition) is 15. The minimum atomic E-state index is -0.462. The SMILES string of the molecule is CCCc1c(OCCCOc2cc(OCc3ccccc3)c(-c3cscn3)cc2CC)cccc1Oc1ccccc1C(=O)OC.CCCc1c(OCCCOc2cc(OCc3ccccc3)c(C(=O)CCl)cc2CC)cccc1Oc1ccccc1C(=O)OC. The van der Waals surface area contributed by atoms with Crippen LogP contribution in [-0.2, 0) is 48.4 Å². The number of ketones is 1. The Bertz CT molecular complexity index is 3770. The summed E-state index contributed by atoms with van der Waals surface area (Å²) < 4.78 is 59.6. The zero-order valence-electron chi connectivity index (χ0n) is 52.5. The molecule has 0 aliphatic carbocycles. The first-order valence-electron chi connectivity index (χ1n) is 30.7. The number of esters is 2. The van der Waals surface area contributed by atoms with Crippen LogP contribution in [0.3, 0.4) is 0 Å². The van der Waals surface area contributed by atoms with E-state index in [2.05, 4.69) is 44.0 Å². The van der Waals surface area contributed by atoms with Crippen molar-refractivity contribution >= 4 is 40.7 Å². The number of aryl methyl sites for hydroxylation is 2. The molecule has 0 amide bonds. The predicted octanol–water partition coefficient (Wildman–Crippen LogP) is 18.0. The highest BCUT2D eigenvalue weighted by molar-refractivity contribution is 7.07. The number of Topliss-reactive ketones (excluding diaryl/α,β-unsaturated/α-hetero) is 1. The Balaban J connectivity index is 0.000000235. The molecule has 0 unspecified atom stereocenters. The Morgan fingerprint density at radius 1 is 0.440 bits per heavy atom. The van der Waals surface area contributed by atoms with Crippen LogP contribution in [0.4, 0.5) is 0 Å². The van der Waals surface area contributed by atoms with Gasteiger partial charge in [0.1, 0.15) is 81.8 Å². The predicted molar refractivity (Wildman–Crippen MR) is 357 cm³/mol. The van der Waals surface area contributed by atoms with Gasteiger partial charge in [-0.1, -0.05) is 138 Å². The van der Waals surface area contributed by atoms with Crippen molar-refractivity contribution in [2.24, 2.45) is 0 Å². The number of nitrogens with zero attached hydrogens (tertiary/aromatic N) is 1. The molecule has 0 N–H and O–H groups in total. The molecule has 9 aromatic rings. The molecule has 0 bridgehead atoms. The fourth-order valence-electron chi connectivity index (χ4n) is 9.88. The van der Waals surface area contributed by atoms with E-state index in [1.807, 2.05) is 127 Å². The number of aromatic nitrogens is 1. The zero-order valence-corrected chi connectivity index (χ0v) is 54.0. The maximum Gasteiger partial charge on any atom is 0.341 e. The molecule has 0 spiro atoms. The van der Waals surface area contributed by atoms with Gasteiger partial charge in [0.2, 0.25) is 0 Å². The lowest BCUT2D eigenvalue weighted by atomic mass is 10.0. The Morgan fingerprint density at radius 3 is 1.32 bits per heavy atom. The van der Waals surface area contributed by atoms with Crippen molar-refractivity contribution in [2.75, 3.05) is 46.5 Å². The molecule has 0 radical (unpaired) electrons. The molecule has 0 aliphatic rings. The molecule has 1 heterocycles. The standard InChI is InChI=1S/C38H39NO6S.C37H39ClO7/c1-4-13-29-33(18-11-19-34(29)45-35-17-10-9-16-30(35)38(40)41-3)42-20-12-21-43-36-23-37(44-24-27-14-7-6-8-15-27)31(22-28(36)5-2)32-25-46-26-39-32;1-4-13-28-32(18-11-19-33(28)45-34-17-10-9-16-29(34)37(40)41-3)42-20-12-21-43-35-23-36(44-25-26-14-7-6-8-15-26)30(31(39)24-38)22-27(35)5-2/h6-11,14-19,22-23,25-26H,4-5,12-13,20-21,24H2,1-3H3;6-11,14-19,22-23H,4-5,12-13,20-21,24-25H2,1-3H3. The van der Waals surface area contributed by atoms with E-state index in [9.17, 15) is 14.4 Å². The van der Waals surface area contributed by atoms with Crippen molar-refractivity contribution < 1.29 is 61.8 Å². The summed E-state index contributed by atoms with van der Waals surface area (Å²) in [6, 6.07) is 53.1. The van der Waals surface area contributed by atoms with Crippen LogP contribution in [0.5, 0.6) is 57.5 Å². The van der Waals surface area contributed by atoms with Crippen LogP contribution in [0, 0.1) is 0 Å². The molecule has 474 valence electrons. The van der Waals surface area contributed by atoms with Crippen LogP contribution in [0.1, 0.15) is 118 Å². The van der Waals surface area contributed by atoms with Gasteiger partial charge in [-0.3, -0.25) is 4.79 Å². The molecule has 8 aromatic carbocycles. The molecule has 14 nitrogen and oxygen atoms in total. The first-order valence-corrected chi connectivity index (χ1v) is 32.2. The van der Waals surface area contributed by atoms with Crippen LogP contribution >= 0.6 is 22.9 Å². The first-order chi connectivity index (χ1) is 44.6. The maximum absolute atomic E-state index is 12.6. The summed E-state index contributed by atoms with van der Waals surface area (Å²) >= 11 is 7.47. The highest BCUT2D eigenvalue weighted by atomic mass is 35.5. The molecule has 1 aromatic heterocycles. The Hall–Kier alpha value is -9.31. The van der Waals surface area contributed by atoms with E-state index in [0.717, 1.165) is 99.7 Å². The lowest BCUT2D eigenvalue weighted by Gasteiger charge is -2.18. The lowest BCUT2D eigenvalue weighted by Crippen LogP contribution is -2.10. The van der Waals surface area contributed by atoms with E-state index in [-0.39, 0.29) is 11.7 Å². The topological polar surface area (TPSA) is 156 Å². The minimum absolute atomic E-state index is 0.132. The molecule has 0 saturated heterocycles. The summed E-state index contributed by atoms with van der Waals surface area (Å²) in [5.41, 5.74) is 10.8. The lowest BCUT2D eigenvalue weighted by molar-refractivity contribution is 0.0588. The normalized spacial score (nSPS) is 10.7. The summed E-state index contributed by atoms with van der Waals surface area (Å²) in [5.74, 6) is 5.05. The van der Waals surface area contributed by atoms with E-state index in [0.29, 0.717) is 110 Å². The van der Waals surface area contributed by atoms with Gasteiger partial charge < -0.3 is 47.4 Å². The van der Waals surface area contributed by atoms with Gasteiger partial charge in [-0.2, -0.15) is 0 Å². The summed E-state index contributed by atoms with van der Waals surface area (Å²) in [5, 5.41) is 2.03. The number of hydrogen-bond donors (Lipinski definition) is 0. The molecule has 0 saturated carbocycles. The molecule has 9 rings (SSSR count). The molecule has 0 fully saturated rings. The highest BCUT2D eigenvalue weighted by Crippen LogP contribution is 2.40. The molecular weight excluding hydrogens is 1190 g/mol. The number of methoxy groups -OCH3 is 2. The number of thiazole rings is 1. The molecule has 16 heteroatoms. The van der Waals surface area contributed by atoms with Crippen molar-refractivity contribution in [3.63, 3.8) is 0 Å². The second-order valence-electron chi connectivity index (χ2n) is 20.8. The first kappa shape index (κ1) is 67.6. The van der Waals surface area contributed by atoms with Gasteiger partial charge >= 0.3 is 11.9 Å². The summed E-state index contributed by atoms with van der Waals surface area (Å²) in [6.45, 7) is 10.9. The number of halogens is 1. The number of carbonyl (C=O) groups is 3.